The van der Waals surface area contributed by atoms with Crippen LogP contribution < -0.4 is 0 Å². The summed E-state index contributed by atoms with van der Waals surface area (Å²) in [7, 11) is 0. The Labute approximate surface area is 142 Å². The summed E-state index contributed by atoms with van der Waals surface area (Å²) < 4.78 is 0. The van der Waals surface area contributed by atoms with E-state index in [0.29, 0.717) is 6.42 Å². The summed E-state index contributed by atoms with van der Waals surface area (Å²) in [5, 5.41) is 0. The maximum absolute atomic E-state index is 12.7. The zero-order chi connectivity index (χ0) is 16.7. The molecule has 1 aromatic rings. The lowest BCUT2D eigenvalue weighted by atomic mass is 9.77. The minimum Gasteiger partial charge on any atom is -0.340 e. The highest BCUT2D eigenvalue weighted by Crippen LogP contribution is 2.43. The number of piperidine rings is 1. The molecule has 2 saturated heterocycles. The largest absolute Gasteiger partial charge is 0.340 e. The van der Waals surface area contributed by atoms with Crippen LogP contribution in [0.5, 0.6) is 0 Å². The molecule has 4 rings (SSSR count). The summed E-state index contributed by atoms with van der Waals surface area (Å²) in [6.45, 7) is 4.42. The average Bonchev–Trinajstić information content (AvgIpc) is 3.13. The predicted octanol–water partition coefficient (Wildman–Crippen LogP) is 1.21. The number of aromatic nitrogens is 2. The summed E-state index contributed by atoms with van der Waals surface area (Å²) in [6.07, 6.45) is 7.55. The minimum absolute atomic E-state index is 0.00797. The first kappa shape index (κ1) is 15.5. The molecular formula is C18H24N4O2. The Balaban J connectivity index is 1.51. The molecule has 3 heterocycles. The number of aryl methyl sites for hydroxylation is 2. The zero-order valence-corrected chi connectivity index (χ0v) is 14.3. The van der Waals surface area contributed by atoms with E-state index in [0.717, 1.165) is 63.3 Å². The quantitative estimate of drug-likeness (QED) is 0.818. The molecule has 128 valence electrons. The summed E-state index contributed by atoms with van der Waals surface area (Å²) in [5.74, 6) is 1.01. The van der Waals surface area contributed by atoms with E-state index in [2.05, 4.69) is 4.98 Å². The van der Waals surface area contributed by atoms with Crippen molar-refractivity contribution >= 4 is 11.8 Å². The third-order valence-electron chi connectivity index (χ3n) is 5.79. The number of nitrogens with zero attached hydrogens (tertiary/aromatic N) is 4. The lowest BCUT2D eigenvalue weighted by molar-refractivity contribution is -0.139. The van der Waals surface area contributed by atoms with Crippen molar-refractivity contribution < 1.29 is 9.59 Å². The van der Waals surface area contributed by atoms with Gasteiger partial charge in [-0.2, -0.15) is 0 Å². The molecule has 1 aromatic heterocycles. The van der Waals surface area contributed by atoms with Gasteiger partial charge < -0.3 is 9.80 Å². The standard InChI is InChI=1S/C18H24N4O2/c1-13-19-10-14-5-7-18(17(14)20-13)6-3-9-22(12-18)16(24)11-21-8-2-4-15(21)23/h10H,2-9,11-12H2,1H3. The maximum atomic E-state index is 12.7. The van der Waals surface area contributed by atoms with Gasteiger partial charge in [-0.05, 0) is 44.6 Å². The van der Waals surface area contributed by atoms with Crippen LogP contribution in [0.15, 0.2) is 6.20 Å². The van der Waals surface area contributed by atoms with Gasteiger partial charge in [-0.1, -0.05) is 0 Å². The van der Waals surface area contributed by atoms with Crippen LogP contribution in [0.4, 0.5) is 0 Å². The number of likely N-dealkylation sites (tertiary alicyclic amines) is 2. The summed E-state index contributed by atoms with van der Waals surface area (Å²) >= 11 is 0. The van der Waals surface area contributed by atoms with Gasteiger partial charge in [0.1, 0.15) is 5.82 Å². The lowest BCUT2D eigenvalue weighted by Crippen LogP contribution is -2.50. The van der Waals surface area contributed by atoms with Gasteiger partial charge >= 0.3 is 0 Å². The molecule has 2 aliphatic heterocycles. The van der Waals surface area contributed by atoms with Gasteiger partial charge in [-0.25, -0.2) is 9.97 Å². The van der Waals surface area contributed by atoms with Crippen molar-refractivity contribution in [2.45, 2.75) is 50.9 Å². The Kier molecular flexibility index (Phi) is 3.77. The fourth-order valence-electron chi connectivity index (χ4n) is 4.51. The van der Waals surface area contributed by atoms with Gasteiger partial charge in [-0.3, -0.25) is 9.59 Å². The van der Waals surface area contributed by atoms with E-state index in [-0.39, 0.29) is 23.8 Å². The fraction of sp³-hybridized carbons (Fsp3) is 0.667. The first-order valence-electron chi connectivity index (χ1n) is 8.96. The molecule has 0 aromatic carbocycles. The normalized spacial score (nSPS) is 26.3. The van der Waals surface area contributed by atoms with Gasteiger partial charge in [0.15, 0.2) is 0 Å². The predicted molar refractivity (Wildman–Crippen MR) is 88.4 cm³/mol. The van der Waals surface area contributed by atoms with Gasteiger partial charge in [-0.15, -0.1) is 0 Å². The van der Waals surface area contributed by atoms with Crippen molar-refractivity contribution in [1.29, 1.82) is 0 Å². The van der Waals surface area contributed by atoms with Crippen LogP contribution in [0, 0.1) is 6.92 Å². The molecule has 3 aliphatic rings. The Morgan fingerprint density at radius 2 is 2.12 bits per heavy atom. The molecule has 1 unspecified atom stereocenters. The van der Waals surface area contributed by atoms with Crippen molar-refractivity contribution in [2.75, 3.05) is 26.2 Å². The van der Waals surface area contributed by atoms with Crippen LogP contribution in [-0.4, -0.2) is 57.8 Å². The SMILES string of the molecule is Cc1ncc2c(n1)C1(CCCN(C(=O)CN3CCCC3=O)C1)CC2. The number of carbonyl (C=O) groups excluding carboxylic acids is 2. The number of hydrogen-bond donors (Lipinski definition) is 0. The van der Waals surface area contributed by atoms with E-state index in [1.54, 1.807) is 4.90 Å². The molecule has 1 aliphatic carbocycles. The van der Waals surface area contributed by atoms with Gasteiger partial charge in [0.25, 0.3) is 0 Å². The highest BCUT2D eigenvalue weighted by molar-refractivity contribution is 5.86. The van der Waals surface area contributed by atoms with Gasteiger partial charge in [0.05, 0.1) is 12.2 Å². The van der Waals surface area contributed by atoms with Crippen molar-refractivity contribution in [3.63, 3.8) is 0 Å². The summed E-state index contributed by atoms with van der Waals surface area (Å²) in [5.41, 5.74) is 2.39. The van der Waals surface area contributed by atoms with Crippen LogP contribution in [-0.2, 0) is 21.4 Å². The molecule has 2 fully saturated rings. The Morgan fingerprint density at radius 1 is 1.25 bits per heavy atom. The molecule has 2 amide bonds. The smallest absolute Gasteiger partial charge is 0.242 e. The summed E-state index contributed by atoms with van der Waals surface area (Å²) in [6, 6.07) is 0. The number of carbonyl (C=O) groups is 2. The Hall–Kier alpha value is -1.98. The maximum Gasteiger partial charge on any atom is 0.242 e. The average molecular weight is 328 g/mol. The van der Waals surface area contributed by atoms with Crippen molar-refractivity contribution in [2.24, 2.45) is 0 Å². The van der Waals surface area contributed by atoms with E-state index >= 15 is 0 Å². The third kappa shape index (κ3) is 2.58. The van der Waals surface area contributed by atoms with Crippen LogP contribution >= 0.6 is 0 Å². The van der Waals surface area contributed by atoms with Crippen LogP contribution in [0.1, 0.15) is 49.2 Å². The number of hydrogen-bond acceptors (Lipinski definition) is 4. The molecule has 1 atom stereocenters. The minimum atomic E-state index is -0.00797. The van der Waals surface area contributed by atoms with Crippen molar-refractivity contribution in [1.82, 2.24) is 19.8 Å². The lowest BCUT2D eigenvalue weighted by Gasteiger charge is -2.41. The second-order valence-electron chi connectivity index (χ2n) is 7.41. The number of fused-ring (bicyclic) bond motifs is 2. The molecule has 0 N–H and O–H groups in total. The van der Waals surface area contributed by atoms with Crippen LogP contribution in [0.3, 0.4) is 0 Å². The summed E-state index contributed by atoms with van der Waals surface area (Å²) in [4.78, 5) is 37.2. The molecule has 1 spiro atoms. The van der Waals surface area contributed by atoms with Crippen LogP contribution in [0.2, 0.25) is 0 Å². The molecule has 24 heavy (non-hydrogen) atoms. The van der Waals surface area contributed by atoms with Crippen LogP contribution in [0.25, 0.3) is 0 Å². The van der Waals surface area contributed by atoms with E-state index in [1.165, 1.54) is 5.56 Å². The zero-order valence-electron chi connectivity index (χ0n) is 14.3. The molecular weight excluding hydrogens is 304 g/mol. The second kappa shape index (κ2) is 5.83. The Bertz CT molecular complexity index is 686. The molecule has 6 nitrogen and oxygen atoms in total. The van der Waals surface area contributed by atoms with E-state index in [1.807, 2.05) is 18.0 Å². The third-order valence-corrected chi connectivity index (χ3v) is 5.79. The second-order valence-corrected chi connectivity index (χ2v) is 7.41. The first-order valence-corrected chi connectivity index (χ1v) is 8.96. The molecule has 6 heteroatoms. The van der Waals surface area contributed by atoms with Gasteiger partial charge in [0, 0.05) is 37.7 Å². The topological polar surface area (TPSA) is 66.4 Å². The molecule has 0 radical (unpaired) electrons. The molecule has 0 bridgehead atoms. The molecule has 0 saturated carbocycles. The highest BCUT2D eigenvalue weighted by atomic mass is 16.2. The first-order chi connectivity index (χ1) is 11.6. The Morgan fingerprint density at radius 3 is 2.92 bits per heavy atom. The number of rotatable bonds is 2. The van der Waals surface area contributed by atoms with Gasteiger partial charge in [0.2, 0.25) is 11.8 Å². The highest BCUT2D eigenvalue weighted by Gasteiger charge is 2.44. The van der Waals surface area contributed by atoms with Crippen molar-refractivity contribution in [3.05, 3.63) is 23.3 Å². The van der Waals surface area contributed by atoms with Crippen molar-refractivity contribution in [3.8, 4) is 0 Å². The van der Waals surface area contributed by atoms with E-state index in [4.69, 9.17) is 4.98 Å². The van der Waals surface area contributed by atoms with E-state index in [9.17, 15) is 9.59 Å². The van der Waals surface area contributed by atoms with E-state index < -0.39 is 0 Å². The monoisotopic (exact) mass is 328 g/mol. The fourth-order valence-corrected chi connectivity index (χ4v) is 4.51. The number of amides is 2.